The molecule has 48 heavy (non-hydrogen) atoms. The summed E-state index contributed by atoms with van der Waals surface area (Å²) in [4.78, 5) is 22.4. The van der Waals surface area contributed by atoms with E-state index in [2.05, 4.69) is 38.2 Å². The summed E-state index contributed by atoms with van der Waals surface area (Å²) >= 11 is 0. The Hall–Kier alpha value is -1.02. The molecule has 0 heterocycles. The van der Waals surface area contributed by atoms with Crippen LogP contribution in [0.15, 0.2) is 24.3 Å². The van der Waals surface area contributed by atoms with Crippen LogP contribution in [0.3, 0.4) is 0 Å². The number of unbranched alkanes of at least 4 members (excludes halogenated alkanes) is 21. The molecular formula is C39H76NO7P. The van der Waals surface area contributed by atoms with Gasteiger partial charge in [-0.2, -0.15) is 0 Å². The molecule has 0 aliphatic heterocycles. The molecule has 9 heteroatoms. The zero-order chi connectivity index (χ0) is 35.2. The Morgan fingerprint density at radius 3 is 1.65 bits per heavy atom. The predicted molar refractivity (Wildman–Crippen MR) is 201 cm³/mol. The maximum absolute atomic E-state index is 12.5. The lowest BCUT2D eigenvalue weighted by Crippen LogP contribution is -2.28. The largest absolute Gasteiger partial charge is 0.472 e. The van der Waals surface area contributed by atoms with Crippen LogP contribution in [0.25, 0.3) is 0 Å². The highest BCUT2D eigenvalue weighted by Crippen LogP contribution is 2.43. The maximum atomic E-state index is 12.5. The minimum Gasteiger partial charge on any atom is -0.457 e. The number of allylic oxidation sites excluding steroid dienone is 4. The molecule has 0 aliphatic carbocycles. The number of carbonyl (C=O) groups excluding carboxylic acids is 1. The first kappa shape index (κ1) is 47.0. The van der Waals surface area contributed by atoms with Gasteiger partial charge in [-0.3, -0.25) is 13.8 Å². The second kappa shape index (κ2) is 37.2. The first-order valence-corrected chi connectivity index (χ1v) is 21.3. The van der Waals surface area contributed by atoms with Gasteiger partial charge in [-0.15, -0.1) is 0 Å². The van der Waals surface area contributed by atoms with E-state index >= 15 is 0 Å². The van der Waals surface area contributed by atoms with Gasteiger partial charge in [0.2, 0.25) is 0 Å². The summed E-state index contributed by atoms with van der Waals surface area (Å²) in [7, 11) is -4.27. The molecule has 0 spiro atoms. The zero-order valence-corrected chi connectivity index (χ0v) is 32.1. The summed E-state index contributed by atoms with van der Waals surface area (Å²) in [6, 6.07) is 0. The second-order valence-corrected chi connectivity index (χ2v) is 14.6. The van der Waals surface area contributed by atoms with Crippen molar-refractivity contribution in [2.45, 2.75) is 187 Å². The van der Waals surface area contributed by atoms with E-state index in [1.165, 1.54) is 116 Å². The summed E-state index contributed by atoms with van der Waals surface area (Å²) in [6.07, 6.45) is 39.0. The molecule has 0 saturated heterocycles. The van der Waals surface area contributed by atoms with Gasteiger partial charge in [0.15, 0.2) is 0 Å². The Bertz CT molecular complexity index is 792. The van der Waals surface area contributed by atoms with Crippen LogP contribution in [-0.4, -0.2) is 49.9 Å². The first-order valence-electron chi connectivity index (χ1n) is 19.8. The topological polar surface area (TPSA) is 117 Å². The molecule has 0 saturated carbocycles. The maximum Gasteiger partial charge on any atom is 0.472 e. The van der Waals surface area contributed by atoms with Gasteiger partial charge in [-0.1, -0.05) is 154 Å². The van der Waals surface area contributed by atoms with E-state index in [-0.39, 0.29) is 32.3 Å². The summed E-state index contributed by atoms with van der Waals surface area (Å²) in [5.41, 5.74) is 5.35. The molecule has 0 aromatic carbocycles. The van der Waals surface area contributed by atoms with Crippen LogP contribution in [0.5, 0.6) is 0 Å². The minimum atomic E-state index is -4.27. The van der Waals surface area contributed by atoms with Crippen molar-refractivity contribution in [3.05, 3.63) is 24.3 Å². The Balaban J connectivity index is 4.07. The number of hydrogen-bond acceptors (Lipinski definition) is 7. The fourth-order valence-corrected chi connectivity index (χ4v) is 6.20. The van der Waals surface area contributed by atoms with Crippen LogP contribution in [-0.2, 0) is 27.9 Å². The number of rotatable bonds is 38. The smallest absolute Gasteiger partial charge is 0.457 e. The Morgan fingerprint density at radius 2 is 1.10 bits per heavy atom. The predicted octanol–water partition coefficient (Wildman–Crippen LogP) is 11.3. The SMILES string of the molecule is CCCCCC/C=C\C/C=C\CCCCCCCCOCC(COP(=O)(O)OCCN)OC(=O)CCCCCCCCCCCCCC. The van der Waals surface area contributed by atoms with Crippen LogP contribution >= 0.6 is 7.82 Å². The Morgan fingerprint density at radius 1 is 0.625 bits per heavy atom. The van der Waals surface area contributed by atoms with Gasteiger partial charge < -0.3 is 20.1 Å². The number of phosphoric acid groups is 1. The highest BCUT2D eigenvalue weighted by molar-refractivity contribution is 7.47. The molecule has 2 unspecified atom stereocenters. The fraction of sp³-hybridized carbons (Fsp3) is 0.872. The number of esters is 1. The van der Waals surface area contributed by atoms with E-state index < -0.39 is 13.9 Å². The summed E-state index contributed by atoms with van der Waals surface area (Å²) in [5, 5.41) is 0. The molecule has 0 aromatic heterocycles. The van der Waals surface area contributed by atoms with Crippen molar-refractivity contribution in [1.82, 2.24) is 0 Å². The van der Waals surface area contributed by atoms with Crippen molar-refractivity contribution >= 4 is 13.8 Å². The van der Waals surface area contributed by atoms with Gasteiger partial charge in [0, 0.05) is 19.6 Å². The van der Waals surface area contributed by atoms with E-state index in [0.717, 1.165) is 44.9 Å². The van der Waals surface area contributed by atoms with E-state index in [1.54, 1.807) is 0 Å². The molecule has 284 valence electrons. The van der Waals surface area contributed by atoms with Crippen LogP contribution in [0.2, 0.25) is 0 Å². The molecule has 0 rings (SSSR count). The highest BCUT2D eigenvalue weighted by Gasteiger charge is 2.25. The van der Waals surface area contributed by atoms with E-state index in [0.29, 0.717) is 13.0 Å². The standard InChI is InChI=1S/C39H76NO7P/c1-3-5-7-9-11-13-15-17-18-19-20-21-23-25-27-29-31-34-44-36-38(37-46-48(42,43)45-35-33-40)47-39(41)32-30-28-26-24-22-16-14-12-10-8-6-4-2/h13,15,18-19,38H,3-12,14,16-17,20-37,40H2,1-2H3,(H,42,43)/b15-13-,19-18-. The van der Waals surface area contributed by atoms with Crippen LogP contribution in [0.1, 0.15) is 181 Å². The molecule has 0 bridgehead atoms. The van der Waals surface area contributed by atoms with Gasteiger partial charge >= 0.3 is 13.8 Å². The third-order valence-corrected chi connectivity index (χ3v) is 9.36. The Labute approximate surface area is 296 Å². The van der Waals surface area contributed by atoms with Gasteiger partial charge in [0.05, 0.1) is 19.8 Å². The van der Waals surface area contributed by atoms with Gasteiger partial charge in [0.1, 0.15) is 6.10 Å². The van der Waals surface area contributed by atoms with E-state index in [1.807, 2.05) is 0 Å². The quantitative estimate of drug-likeness (QED) is 0.0283. The minimum absolute atomic E-state index is 0.0959. The molecule has 2 atom stereocenters. The van der Waals surface area contributed by atoms with Crippen molar-refractivity contribution in [1.29, 1.82) is 0 Å². The lowest BCUT2D eigenvalue weighted by Gasteiger charge is -2.20. The van der Waals surface area contributed by atoms with Crippen LogP contribution < -0.4 is 5.73 Å². The van der Waals surface area contributed by atoms with Crippen molar-refractivity contribution in [2.24, 2.45) is 5.73 Å². The molecule has 0 aromatic rings. The lowest BCUT2D eigenvalue weighted by molar-refractivity contribution is -0.154. The van der Waals surface area contributed by atoms with Crippen LogP contribution in [0, 0.1) is 0 Å². The van der Waals surface area contributed by atoms with Crippen molar-refractivity contribution in [2.75, 3.05) is 33.0 Å². The zero-order valence-electron chi connectivity index (χ0n) is 31.2. The number of ether oxygens (including phenoxy) is 2. The lowest BCUT2D eigenvalue weighted by atomic mass is 10.0. The van der Waals surface area contributed by atoms with Gasteiger partial charge in [-0.05, 0) is 44.9 Å². The molecule has 0 radical (unpaired) electrons. The van der Waals surface area contributed by atoms with E-state index in [9.17, 15) is 14.3 Å². The number of carbonyl (C=O) groups is 1. The number of phosphoric ester groups is 1. The first-order chi connectivity index (χ1) is 23.4. The highest BCUT2D eigenvalue weighted by atomic mass is 31.2. The third kappa shape index (κ3) is 36.3. The normalized spacial score (nSPS) is 13.8. The summed E-state index contributed by atoms with van der Waals surface area (Å²) < 4.78 is 33.3. The second-order valence-electron chi connectivity index (χ2n) is 13.1. The van der Waals surface area contributed by atoms with Gasteiger partial charge in [0.25, 0.3) is 0 Å². The molecule has 0 aliphatic rings. The van der Waals surface area contributed by atoms with Crippen molar-refractivity contribution in [3.8, 4) is 0 Å². The summed E-state index contributed by atoms with van der Waals surface area (Å²) in [6.45, 7) is 4.89. The average molecular weight is 702 g/mol. The fourth-order valence-electron chi connectivity index (χ4n) is 5.44. The summed E-state index contributed by atoms with van der Waals surface area (Å²) in [5.74, 6) is -0.334. The van der Waals surface area contributed by atoms with Crippen molar-refractivity contribution < 1.29 is 32.8 Å². The molecule has 8 nitrogen and oxygen atoms in total. The van der Waals surface area contributed by atoms with E-state index in [4.69, 9.17) is 24.3 Å². The molecule has 0 amide bonds. The number of hydrogen-bond donors (Lipinski definition) is 2. The van der Waals surface area contributed by atoms with Crippen molar-refractivity contribution in [3.63, 3.8) is 0 Å². The molecule has 3 N–H and O–H groups in total. The third-order valence-electron chi connectivity index (χ3n) is 8.37. The van der Waals surface area contributed by atoms with Crippen LogP contribution in [0.4, 0.5) is 0 Å². The number of nitrogens with two attached hydrogens (primary N) is 1. The monoisotopic (exact) mass is 702 g/mol. The Kier molecular flexibility index (Phi) is 36.4. The molecular weight excluding hydrogens is 625 g/mol. The molecule has 0 fully saturated rings. The average Bonchev–Trinajstić information content (AvgIpc) is 3.07. The van der Waals surface area contributed by atoms with Gasteiger partial charge in [-0.25, -0.2) is 4.57 Å².